The number of morpholine rings is 1. The van der Waals surface area contributed by atoms with Crippen molar-refractivity contribution in [3.05, 3.63) is 57.6 Å². The predicted molar refractivity (Wildman–Crippen MR) is 106 cm³/mol. The summed E-state index contributed by atoms with van der Waals surface area (Å²) in [5.74, 6) is 0.162. The summed E-state index contributed by atoms with van der Waals surface area (Å²) in [6.07, 6.45) is 1.52. The second kappa shape index (κ2) is 7.10. The Kier molecular flexibility index (Phi) is 4.62. The van der Waals surface area contributed by atoms with Crippen LogP contribution in [-0.2, 0) is 10.4 Å². The summed E-state index contributed by atoms with van der Waals surface area (Å²) < 4.78 is 10.6. The minimum absolute atomic E-state index is 0.154. The molecule has 9 nitrogen and oxygen atoms in total. The van der Waals surface area contributed by atoms with Crippen LogP contribution in [0.25, 0.3) is 0 Å². The molecule has 0 amide bonds. The molecule has 2 aliphatic heterocycles. The lowest BCUT2D eigenvalue weighted by Gasteiger charge is -2.37. The molecule has 9 heteroatoms. The molecule has 0 spiro atoms. The lowest BCUT2D eigenvalue weighted by molar-refractivity contribution is -0.385. The van der Waals surface area contributed by atoms with Gasteiger partial charge in [0.1, 0.15) is 0 Å². The van der Waals surface area contributed by atoms with Crippen molar-refractivity contribution in [3.8, 4) is 5.75 Å². The minimum Gasteiger partial charge on any atom is -0.490 e. The molecule has 1 unspecified atom stereocenters. The number of fused-ring (bicyclic) bond motifs is 1. The summed E-state index contributed by atoms with van der Waals surface area (Å²) in [7, 11) is 1.40. The van der Waals surface area contributed by atoms with Gasteiger partial charge in [-0.3, -0.25) is 15.8 Å². The van der Waals surface area contributed by atoms with Gasteiger partial charge < -0.3 is 19.7 Å². The van der Waals surface area contributed by atoms with Gasteiger partial charge in [-0.2, -0.15) is 0 Å². The summed E-state index contributed by atoms with van der Waals surface area (Å²) in [4.78, 5) is 17.8. The number of nitrogens with two attached hydrogens (primary N) is 1. The van der Waals surface area contributed by atoms with Gasteiger partial charge in [0.05, 0.1) is 37.3 Å². The van der Waals surface area contributed by atoms with Crippen LogP contribution >= 0.6 is 0 Å². The van der Waals surface area contributed by atoms with Crippen LogP contribution < -0.4 is 20.7 Å². The number of nitrogens with zero attached hydrogens (tertiary/aromatic N) is 3. The quantitative estimate of drug-likeness (QED) is 0.613. The van der Waals surface area contributed by atoms with Gasteiger partial charge >= 0.3 is 5.69 Å². The van der Waals surface area contributed by atoms with Crippen molar-refractivity contribution in [2.24, 2.45) is 10.7 Å². The number of aliphatic imine (C=N–C) groups is 1. The van der Waals surface area contributed by atoms with Crippen LogP contribution in [0, 0.1) is 10.1 Å². The summed E-state index contributed by atoms with van der Waals surface area (Å²) in [5, 5.41) is 14.6. The van der Waals surface area contributed by atoms with E-state index in [1.54, 1.807) is 6.07 Å². The zero-order valence-corrected chi connectivity index (χ0v) is 15.4. The van der Waals surface area contributed by atoms with Crippen LogP contribution in [0.1, 0.15) is 11.1 Å². The van der Waals surface area contributed by atoms with Crippen LogP contribution in [0.3, 0.4) is 0 Å². The Balaban J connectivity index is 1.88. The number of ether oxygens (including phenoxy) is 2. The molecule has 2 aromatic carbocycles. The van der Waals surface area contributed by atoms with Crippen molar-refractivity contribution in [3.63, 3.8) is 0 Å². The van der Waals surface area contributed by atoms with E-state index in [-0.39, 0.29) is 11.4 Å². The molecule has 0 aromatic heterocycles. The Morgan fingerprint density at radius 2 is 2.04 bits per heavy atom. The number of anilines is 2. The van der Waals surface area contributed by atoms with Crippen molar-refractivity contribution in [2.45, 2.75) is 5.66 Å². The van der Waals surface area contributed by atoms with E-state index < -0.39 is 10.6 Å². The van der Waals surface area contributed by atoms with Crippen LogP contribution in [-0.4, -0.2) is 44.7 Å². The SMILES string of the molecule is COc1cc2c(cc1[N+](=O)[O-])C(N)(c1ccccc1N1CCOCC1)N=CN2. The van der Waals surface area contributed by atoms with Gasteiger partial charge in [0.15, 0.2) is 11.4 Å². The number of para-hydroxylation sites is 1. The van der Waals surface area contributed by atoms with Gasteiger partial charge in [-0.05, 0) is 6.07 Å². The van der Waals surface area contributed by atoms with Gasteiger partial charge in [-0.1, -0.05) is 18.2 Å². The maximum atomic E-state index is 11.5. The Labute approximate surface area is 161 Å². The third-order valence-electron chi connectivity index (χ3n) is 5.08. The summed E-state index contributed by atoms with van der Waals surface area (Å²) in [6.45, 7) is 2.75. The van der Waals surface area contributed by atoms with Crippen molar-refractivity contribution < 1.29 is 14.4 Å². The first-order valence-electron chi connectivity index (χ1n) is 8.93. The molecule has 146 valence electrons. The highest BCUT2D eigenvalue weighted by atomic mass is 16.6. The Morgan fingerprint density at radius 3 is 2.75 bits per heavy atom. The van der Waals surface area contributed by atoms with E-state index in [1.807, 2.05) is 24.3 Å². The number of nitrogens with one attached hydrogen (secondary N) is 1. The molecule has 1 fully saturated rings. The predicted octanol–water partition coefficient (Wildman–Crippen LogP) is 2.05. The van der Waals surface area contributed by atoms with Gasteiger partial charge in [0, 0.05) is 42.0 Å². The van der Waals surface area contributed by atoms with Crippen LogP contribution in [0.2, 0.25) is 0 Å². The molecule has 0 bridgehead atoms. The summed E-state index contributed by atoms with van der Waals surface area (Å²) in [6, 6.07) is 10.8. The fourth-order valence-electron chi connectivity index (χ4n) is 3.67. The monoisotopic (exact) mass is 383 g/mol. The second-order valence-electron chi connectivity index (χ2n) is 6.61. The molecule has 2 aliphatic rings. The molecule has 2 heterocycles. The maximum Gasteiger partial charge on any atom is 0.311 e. The van der Waals surface area contributed by atoms with Gasteiger partial charge in [-0.15, -0.1) is 0 Å². The molecule has 1 atom stereocenters. The molecule has 0 radical (unpaired) electrons. The molecule has 0 saturated carbocycles. The van der Waals surface area contributed by atoms with Crippen molar-refractivity contribution in [2.75, 3.05) is 43.6 Å². The standard InChI is InChI=1S/C19H21N5O4/c1-27-18-11-15-14(10-17(18)24(25)26)19(20,22-12-21-15)13-4-2-3-5-16(13)23-6-8-28-9-7-23/h2-5,10-12H,6-9,20H2,1H3,(H,21,22). The lowest BCUT2D eigenvalue weighted by atomic mass is 9.88. The minimum atomic E-state index is -1.27. The molecule has 2 aromatic rings. The fraction of sp³-hybridized carbons (Fsp3) is 0.316. The number of hydrogen-bond acceptors (Lipinski definition) is 8. The molecular weight excluding hydrogens is 362 g/mol. The Bertz CT molecular complexity index is 942. The number of benzene rings is 2. The number of hydrogen-bond donors (Lipinski definition) is 2. The molecule has 1 saturated heterocycles. The third-order valence-corrected chi connectivity index (χ3v) is 5.08. The topological polar surface area (TPSA) is 115 Å². The molecule has 0 aliphatic carbocycles. The summed E-state index contributed by atoms with van der Waals surface area (Å²) >= 11 is 0. The first-order valence-corrected chi connectivity index (χ1v) is 8.93. The first-order chi connectivity index (χ1) is 13.5. The van der Waals surface area contributed by atoms with E-state index >= 15 is 0 Å². The average Bonchev–Trinajstić information content (AvgIpc) is 2.73. The highest BCUT2D eigenvalue weighted by Gasteiger charge is 2.38. The van der Waals surface area contributed by atoms with E-state index in [2.05, 4.69) is 15.2 Å². The lowest BCUT2D eigenvalue weighted by Crippen LogP contribution is -2.43. The second-order valence-corrected chi connectivity index (χ2v) is 6.61. The van der Waals surface area contributed by atoms with E-state index in [1.165, 1.54) is 19.5 Å². The molecular formula is C19H21N5O4. The smallest absolute Gasteiger partial charge is 0.311 e. The van der Waals surface area contributed by atoms with Crippen molar-refractivity contribution in [1.82, 2.24) is 0 Å². The Morgan fingerprint density at radius 1 is 1.29 bits per heavy atom. The highest BCUT2D eigenvalue weighted by molar-refractivity contribution is 5.85. The third kappa shape index (κ3) is 2.94. The molecule has 3 N–H and O–H groups in total. The number of rotatable bonds is 4. The zero-order valence-electron chi connectivity index (χ0n) is 15.4. The number of nitro groups is 1. The fourth-order valence-corrected chi connectivity index (χ4v) is 3.67. The molecule has 28 heavy (non-hydrogen) atoms. The average molecular weight is 383 g/mol. The van der Waals surface area contributed by atoms with Crippen LogP contribution in [0.5, 0.6) is 5.75 Å². The molecule has 4 rings (SSSR count). The van der Waals surface area contributed by atoms with E-state index in [9.17, 15) is 10.1 Å². The van der Waals surface area contributed by atoms with Gasteiger partial charge in [-0.25, -0.2) is 4.99 Å². The van der Waals surface area contributed by atoms with E-state index in [0.29, 0.717) is 24.5 Å². The van der Waals surface area contributed by atoms with Gasteiger partial charge in [0.25, 0.3) is 0 Å². The summed E-state index contributed by atoms with van der Waals surface area (Å²) in [5.41, 5.74) is 8.23. The maximum absolute atomic E-state index is 11.5. The normalized spacial score (nSPS) is 21.0. The largest absolute Gasteiger partial charge is 0.490 e. The van der Waals surface area contributed by atoms with Crippen LogP contribution in [0.4, 0.5) is 17.1 Å². The Hall–Kier alpha value is -3.17. The number of nitro benzene ring substituents is 1. The van der Waals surface area contributed by atoms with Gasteiger partial charge in [0.2, 0.25) is 0 Å². The van der Waals surface area contributed by atoms with Crippen molar-refractivity contribution in [1.29, 1.82) is 0 Å². The zero-order chi connectivity index (χ0) is 19.7. The van der Waals surface area contributed by atoms with Crippen LogP contribution in [0.15, 0.2) is 41.4 Å². The van der Waals surface area contributed by atoms with E-state index in [4.69, 9.17) is 15.2 Å². The number of methoxy groups -OCH3 is 1. The van der Waals surface area contributed by atoms with Crippen molar-refractivity contribution >= 4 is 23.4 Å². The first kappa shape index (κ1) is 18.2. The highest BCUT2D eigenvalue weighted by Crippen LogP contribution is 2.44. The van der Waals surface area contributed by atoms with E-state index in [0.717, 1.165) is 24.3 Å².